The number of benzene rings is 1. The van der Waals surface area contributed by atoms with Crippen LogP contribution >= 0.6 is 11.3 Å². The van der Waals surface area contributed by atoms with Crippen LogP contribution in [0.3, 0.4) is 0 Å². The number of anilines is 1. The molecule has 9 nitrogen and oxygen atoms in total. The fraction of sp³-hybridized carbons (Fsp3) is 0.143. The van der Waals surface area contributed by atoms with Crippen LogP contribution in [0, 0.1) is 24.0 Å². The molecule has 4 rings (SSSR count). The van der Waals surface area contributed by atoms with Crippen molar-refractivity contribution in [2.45, 2.75) is 13.8 Å². The number of rotatable bonds is 5. The Kier molecular flexibility index (Phi) is 5.30. The number of ether oxygens (including phenoxy) is 1. The first kappa shape index (κ1) is 20.4. The second-order valence-electron chi connectivity index (χ2n) is 6.78. The summed E-state index contributed by atoms with van der Waals surface area (Å²) in [5.74, 6) is 0.144. The molecule has 1 aromatic carbocycles. The Balaban J connectivity index is 1.72. The van der Waals surface area contributed by atoms with Gasteiger partial charge in [-0.3, -0.25) is 30.2 Å². The maximum absolute atomic E-state index is 13.1. The molecule has 156 valence electrons. The average molecular weight is 435 g/mol. The van der Waals surface area contributed by atoms with Crippen LogP contribution in [0.15, 0.2) is 42.7 Å². The van der Waals surface area contributed by atoms with E-state index < -0.39 is 10.8 Å². The van der Waals surface area contributed by atoms with Gasteiger partial charge in [-0.15, -0.1) is 0 Å². The van der Waals surface area contributed by atoms with Crippen LogP contribution in [0.5, 0.6) is 5.75 Å². The van der Waals surface area contributed by atoms with Gasteiger partial charge in [0.25, 0.3) is 11.6 Å². The molecule has 1 N–H and O–H groups in total. The molecule has 0 fully saturated rings. The van der Waals surface area contributed by atoms with Gasteiger partial charge in [-0.2, -0.15) is 0 Å². The maximum atomic E-state index is 13.1. The smallest absolute Gasteiger partial charge is 0.270 e. The van der Waals surface area contributed by atoms with Crippen LogP contribution in [-0.4, -0.2) is 32.9 Å². The molecule has 4 aromatic rings. The Bertz CT molecular complexity index is 1330. The first-order valence-corrected chi connectivity index (χ1v) is 10.0. The lowest BCUT2D eigenvalue weighted by atomic mass is 9.99. The average Bonchev–Trinajstić information content (AvgIpc) is 3.14. The van der Waals surface area contributed by atoms with Crippen molar-refractivity contribution in [2.75, 3.05) is 12.4 Å². The largest absolute Gasteiger partial charge is 0.494 e. The number of pyridine rings is 2. The first-order valence-electron chi connectivity index (χ1n) is 9.19. The number of aromatic nitrogens is 3. The summed E-state index contributed by atoms with van der Waals surface area (Å²) in [6.45, 7) is 3.70. The molecule has 0 radical (unpaired) electrons. The van der Waals surface area contributed by atoms with E-state index in [-0.39, 0.29) is 5.69 Å². The third-order valence-corrected chi connectivity index (χ3v) is 5.54. The summed E-state index contributed by atoms with van der Waals surface area (Å²) in [5.41, 5.74) is 3.80. The van der Waals surface area contributed by atoms with Crippen molar-refractivity contribution in [1.82, 2.24) is 15.0 Å². The minimum absolute atomic E-state index is 0.0285. The summed E-state index contributed by atoms with van der Waals surface area (Å²) < 4.78 is 6.05. The monoisotopic (exact) mass is 435 g/mol. The lowest BCUT2D eigenvalue weighted by Gasteiger charge is -2.13. The summed E-state index contributed by atoms with van der Waals surface area (Å²) in [5, 5.41) is 14.1. The molecule has 0 aliphatic heterocycles. The van der Waals surface area contributed by atoms with Gasteiger partial charge in [0.05, 0.1) is 34.0 Å². The summed E-state index contributed by atoms with van der Waals surface area (Å²) in [4.78, 5) is 36.5. The van der Waals surface area contributed by atoms with Gasteiger partial charge < -0.3 is 4.74 Å². The molecule has 0 aliphatic carbocycles. The van der Waals surface area contributed by atoms with Crippen molar-refractivity contribution in [1.29, 1.82) is 0 Å². The van der Waals surface area contributed by atoms with Crippen LogP contribution in [-0.2, 0) is 0 Å². The SMILES string of the molecule is COc1cnc(C)cc1-c1cc(C)ncc1C(=O)Nc1nc2ccc([N+](=O)[O-])cc2s1. The molecular formula is C21H17N5O4S. The molecule has 0 unspecified atom stereocenters. The van der Waals surface area contributed by atoms with Crippen molar-refractivity contribution in [3.05, 3.63) is 69.8 Å². The molecule has 31 heavy (non-hydrogen) atoms. The van der Waals surface area contributed by atoms with Crippen LogP contribution in [0.4, 0.5) is 10.8 Å². The number of carbonyl (C=O) groups is 1. The minimum Gasteiger partial charge on any atom is -0.494 e. The van der Waals surface area contributed by atoms with E-state index in [2.05, 4.69) is 20.3 Å². The molecule has 0 bridgehead atoms. The predicted octanol–water partition coefficient (Wildman–Crippen LogP) is 4.54. The zero-order valence-corrected chi connectivity index (χ0v) is 17.7. The number of carbonyl (C=O) groups excluding carboxylic acids is 1. The van der Waals surface area contributed by atoms with E-state index in [4.69, 9.17) is 4.74 Å². The van der Waals surface area contributed by atoms with Crippen molar-refractivity contribution >= 4 is 38.3 Å². The summed E-state index contributed by atoms with van der Waals surface area (Å²) in [6, 6.07) is 8.04. The van der Waals surface area contributed by atoms with Gasteiger partial charge in [-0.1, -0.05) is 11.3 Å². The molecule has 0 aliphatic rings. The lowest BCUT2D eigenvalue weighted by molar-refractivity contribution is -0.384. The Morgan fingerprint density at radius 2 is 1.81 bits per heavy atom. The van der Waals surface area contributed by atoms with E-state index in [1.165, 1.54) is 18.3 Å². The predicted molar refractivity (Wildman–Crippen MR) is 118 cm³/mol. The van der Waals surface area contributed by atoms with Gasteiger partial charge in [0.15, 0.2) is 5.13 Å². The second kappa shape index (κ2) is 8.07. The number of amides is 1. The molecule has 0 atom stereocenters. The molecule has 0 saturated heterocycles. The van der Waals surface area contributed by atoms with Gasteiger partial charge in [0.1, 0.15) is 5.75 Å². The van der Waals surface area contributed by atoms with Crippen LogP contribution < -0.4 is 10.1 Å². The number of thiazole rings is 1. The number of fused-ring (bicyclic) bond motifs is 1. The molecular weight excluding hydrogens is 418 g/mol. The number of hydrogen-bond donors (Lipinski definition) is 1. The number of nitro groups is 1. The van der Waals surface area contributed by atoms with Gasteiger partial charge in [-0.25, -0.2) is 4.98 Å². The highest BCUT2D eigenvalue weighted by Gasteiger charge is 2.19. The van der Waals surface area contributed by atoms with Gasteiger partial charge in [0, 0.05) is 40.8 Å². The number of hydrogen-bond acceptors (Lipinski definition) is 8. The Hall–Kier alpha value is -3.92. The highest BCUT2D eigenvalue weighted by Crippen LogP contribution is 2.34. The highest BCUT2D eigenvalue weighted by molar-refractivity contribution is 7.22. The third-order valence-electron chi connectivity index (χ3n) is 4.60. The van der Waals surface area contributed by atoms with E-state index in [0.29, 0.717) is 32.2 Å². The fourth-order valence-electron chi connectivity index (χ4n) is 3.13. The minimum atomic E-state index is -0.467. The number of methoxy groups -OCH3 is 1. The normalized spacial score (nSPS) is 10.8. The van der Waals surface area contributed by atoms with Crippen molar-refractivity contribution in [2.24, 2.45) is 0 Å². The topological polar surface area (TPSA) is 120 Å². The van der Waals surface area contributed by atoms with Crippen LogP contribution in [0.25, 0.3) is 21.3 Å². The quantitative estimate of drug-likeness (QED) is 0.361. The molecule has 0 spiro atoms. The summed E-state index contributed by atoms with van der Waals surface area (Å²) >= 11 is 1.16. The zero-order chi connectivity index (χ0) is 22.1. The standard InChI is InChI=1S/C21H17N5O4S/c1-11-6-14(15-7-12(2)23-10-18(15)30-3)16(9-22-11)20(27)25-21-24-17-5-4-13(26(28)29)8-19(17)31-21/h4-10H,1-3H3,(H,24,25,27). The van der Waals surface area contributed by atoms with Gasteiger partial charge in [0.2, 0.25) is 0 Å². The van der Waals surface area contributed by atoms with Crippen LogP contribution in [0.2, 0.25) is 0 Å². The number of nitrogens with one attached hydrogen (secondary N) is 1. The van der Waals surface area contributed by atoms with Crippen molar-refractivity contribution < 1.29 is 14.5 Å². The van der Waals surface area contributed by atoms with Gasteiger partial charge >= 0.3 is 0 Å². The molecule has 1 amide bonds. The Morgan fingerprint density at radius 1 is 1.10 bits per heavy atom. The maximum Gasteiger partial charge on any atom is 0.270 e. The number of non-ortho nitro benzene ring substituents is 1. The van der Waals surface area contributed by atoms with Crippen molar-refractivity contribution in [3.63, 3.8) is 0 Å². The Labute approximate surface area is 180 Å². The highest BCUT2D eigenvalue weighted by atomic mass is 32.1. The third kappa shape index (κ3) is 4.05. The zero-order valence-electron chi connectivity index (χ0n) is 16.9. The number of nitrogens with zero attached hydrogens (tertiary/aromatic N) is 4. The molecule has 3 aromatic heterocycles. The fourth-order valence-corrected chi connectivity index (χ4v) is 4.02. The van der Waals surface area contributed by atoms with E-state index in [0.717, 1.165) is 28.3 Å². The Morgan fingerprint density at radius 3 is 2.52 bits per heavy atom. The van der Waals surface area contributed by atoms with Crippen molar-refractivity contribution in [3.8, 4) is 16.9 Å². The van der Waals surface area contributed by atoms with E-state index in [1.807, 2.05) is 26.0 Å². The molecule has 3 heterocycles. The van der Waals surface area contributed by atoms with Crippen LogP contribution in [0.1, 0.15) is 21.7 Å². The summed E-state index contributed by atoms with van der Waals surface area (Å²) in [7, 11) is 1.55. The van der Waals surface area contributed by atoms with E-state index in [9.17, 15) is 14.9 Å². The second-order valence-corrected chi connectivity index (χ2v) is 7.81. The molecule has 10 heteroatoms. The van der Waals surface area contributed by atoms with E-state index in [1.54, 1.807) is 19.4 Å². The first-order chi connectivity index (χ1) is 14.9. The number of aryl methyl sites for hydroxylation is 2. The molecule has 0 saturated carbocycles. The van der Waals surface area contributed by atoms with Gasteiger partial charge in [-0.05, 0) is 32.0 Å². The number of nitro benzene ring substituents is 1. The lowest BCUT2D eigenvalue weighted by Crippen LogP contribution is -2.14. The van der Waals surface area contributed by atoms with E-state index >= 15 is 0 Å². The summed E-state index contributed by atoms with van der Waals surface area (Å²) in [6.07, 6.45) is 3.12.